The standard InChI is InChI=1S/C9H17NOS/c1-3-4-5-10-8(2)6-12-7-9(10)11/h8H,3-7H2,1-2H3. The number of thioether (sulfide) groups is 1. The molecule has 1 aliphatic heterocycles. The Kier molecular flexibility index (Phi) is 3.92. The van der Waals surface area contributed by atoms with Crippen LogP contribution in [0.3, 0.4) is 0 Å². The predicted molar refractivity (Wildman–Crippen MR) is 53.4 cm³/mol. The highest BCUT2D eigenvalue weighted by molar-refractivity contribution is 8.00. The van der Waals surface area contributed by atoms with Crippen LogP contribution in [0.2, 0.25) is 0 Å². The van der Waals surface area contributed by atoms with Gasteiger partial charge in [0.1, 0.15) is 0 Å². The first-order valence-corrected chi connectivity index (χ1v) is 5.78. The summed E-state index contributed by atoms with van der Waals surface area (Å²) in [6, 6.07) is 0.447. The van der Waals surface area contributed by atoms with E-state index >= 15 is 0 Å². The van der Waals surface area contributed by atoms with Gasteiger partial charge in [0.05, 0.1) is 5.75 Å². The zero-order valence-electron chi connectivity index (χ0n) is 7.88. The van der Waals surface area contributed by atoms with E-state index in [9.17, 15) is 4.79 Å². The summed E-state index contributed by atoms with van der Waals surface area (Å²) in [5, 5.41) is 0. The lowest BCUT2D eigenvalue weighted by Gasteiger charge is -2.32. The molecule has 12 heavy (non-hydrogen) atoms. The average Bonchev–Trinajstić information content (AvgIpc) is 2.04. The fraction of sp³-hybridized carbons (Fsp3) is 0.889. The molecule has 0 aliphatic carbocycles. The third kappa shape index (κ3) is 2.41. The minimum atomic E-state index is 0.326. The molecule has 0 radical (unpaired) electrons. The van der Waals surface area contributed by atoms with Crippen LogP contribution in [-0.4, -0.2) is 34.9 Å². The van der Waals surface area contributed by atoms with Gasteiger partial charge in [-0.3, -0.25) is 4.79 Å². The molecule has 1 unspecified atom stereocenters. The highest BCUT2D eigenvalue weighted by Crippen LogP contribution is 2.17. The maximum atomic E-state index is 11.4. The van der Waals surface area contributed by atoms with E-state index in [4.69, 9.17) is 0 Å². The van der Waals surface area contributed by atoms with Crippen LogP contribution < -0.4 is 0 Å². The Bertz CT molecular complexity index is 161. The molecule has 70 valence electrons. The molecule has 3 heteroatoms. The molecule has 0 saturated carbocycles. The van der Waals surface area contributed by atoms with E-state index in [1.165, 1.54) is 6.42 Å². The molecule has 0 aromatic rings. The highest BCUT2D eigenvalue weighted by atomic mass is 32.2. The first-order chi connectivity index (χ1) is 5.75. The molecule has 0 aromatic carbocycles. The number of unbranched alkanes of at least 4 members (excludes halogenated alkanes) is 1. The van der Waals surface area contributed by atoms with Crippen molar-refractivity contribution in [1.29, 1.82) is 0 Å². The number of hydrogen-bond acceptors (Lipinski definition) is 2. The van der Waals surface area contributed by atoms with Crippen LogP contribution in [0.1, 0.15) is 26.7 Å². The Morgan fingerprint density at radius 3 is 3.00 bits per heavy atom. The van der Waals surface area contributed by atoms with Crippen molar-refractivity contribution in [1.82, 2.24) is 4.90 Å². The van der Waals surface area contributed by atoms with Crippen LogP contribution in [0.4, 0.5) is 0 Å². The first kappa shape index (κ1) is 9.90. The third-order valence-electron chi connectivity index (χ3n) is 2.19. The molecule has 1 saturated heterocycles. The van der Waals surface area contributed by atoms with Crippen molar-refractivity contribution < 1.29 is 4.79 Å². The summed E-state index contributed by atoms with van der Waals surface area (Å²) in [5.41, 5.74) is 0. The number of nitrogens with zero attached hydrogens (tertiary/aromatic N) is 1. The highest BCUT2D eigenvalue weighted by Gasteiger charge is 2.23. The predicted octanol–water partition coefficient (Wildman–Crippen LogP) is 1.75. The third-order valence-corrected chi connectivity index (χ3v) is 3.36. The van der Waals surface area contributed by atoms with Gasteiger partial charge in [0, 0.05) is 18.3 Å². The van der Waals surface area contributed by atoms with Gasteiger partial charge >= 0.3 is 0 Å². The van der Waals surface area contributed by atoms with Crippen molar-refractivity contribution in [3.8, 4) is 0 Å². The SMILES string of the molecule is CCCCN1C(=O)CSCC1C. The van der Waals surface area contributed by atoms with Gasteiger partial charge < -0.3 is 4.90 Å². The molecule has 0 N–H and O–H groups in total. The summed E-state index contributed by atoms with van der Waals surface area (Å²) in [6.07, 6.45) is 2.31. The van der Waals surface area contributed by atoms with Crippen LogP contribution in [0.5, 0.6) is 0 Å². The Morgan fingerprint density at radius 1 is 1.67 bits per heavy atom. The van der Waals surface area contributed by atoms with E-state index in [1.807, 2.05) is 4.90 Å². The fourth-order valence-electron chi connectivity index (χ4n) is 1.41. The van der Waals surface area contributed by atoms with Gasteiger partial charge in [-0.15, -0.1) is 11.8 Å². The van der Waals surface area contributed by atoms with Crippen molar-refractivity contribution in [2.24, 2.45) is 0 Å². The van der Waals surface area contributed by atoms with Crippen molar-refractivity contribution in [2.45, 2.75) is 32.7 Å². The molecule has 1 atom stereocenters. The molecule has 1 amide bonds. The smallest absolute Gasteiger partial charge is 0.232 e. The van der Waals surface area contributed by atoms with Gasteiger partial charge in [0.15, 0.2) is 0 Å². The van der Waals surface area contributed by atoms with E-state index in [0.717, 1.165) is 18.7 Å². The van der Waals surface area contributed by atoms with Crippen molar-refractivity contribution in [2.75, 3.05) is 18.1 Å². The van der Waals surface area contributed by atoms with Gasteiger partial charge in [-0.25, -0.2) is 0 Å². The zero-order chi connectivity index (χ0) is 8.97. The molecule has 1 aliphatic rings. The molecule has 0 spiro atoms. The maximum absolute atomic E-state index is 11.4. The largest absolute Gasteiger partial charge is 0.338 e. The second-order valence-corrected chi connectivity index (χ2v) is 4.34. The topological polar surface area (TPSA) is 20.3 Å². The number of rotatable bonds is 3. The molecular formula is C9H17NOS. The minimum Gasteiger partial charge on any atom is -0.338 e. The first-order valence-electron chi connectivity index (χ1n) is 4.63. The summed E-state index contributed by atoms with van der Waals surface area (Å²) >= 11 is 1.76. The quantitative estimate of drug-likeness (QED) is 0.671. The normalized spacial score (nSPS) is 24.7. The molecule has 1 heterocycles. The van der Waals surface area contributed by atoms with Crippen LogP contribution >= 0.6 is 11.8 Å². The Hall–Kier alpha value is -0.180. The van der Waals surface area contributed by atoms with Crippen molar-refractivity contribution in [3.05, 3.63) is 0 Å². The molecule has 0 bridgehead atoms. The molecule has 2 nitrogen and oxygen atoms in total. The monoisotopic (exact) mass is 187 g/mol. The second-order valence-electron chi connectivity index (χ2n) is 3.30. The van der Waals surface area contributed by atoms with Gasteiger partial charge in [0.25, 0.3) is 0 Å². The van der Waals surface area contributed by atoms with Crippen LogP contribution in [0.15, 0.2) is 0 Å². The lowest BCUT2D eigenvalue weighted by Crippen LogP contribution is -2.45. The van der Waals surface area contributed by atoms with Crippen LogP contribution in [-0.2, 0) is 4.79 Å². The Morgan fingerprint density at radius 2 is 2.42 bits per heavy atom. The summed E-state index contributed by atoms with van der Waals surface area (Å²) in [6.45, 7) is 5.25. The van der Waals surface area contributed by atoms with E-state index in [-0.39, 0.29) is 0 Å². The lowest BCUT2D eigenvalue weighted by molar-refractivity contribution is -0.130. The fourth-order valence-corrected chi connectivity index (χ4v) is 2.39. The zero-order valence-corrected chi connectivity index (χ0v) is 8.69. The molecular weight excluding hydrogens is 170 g/mol. The number of carbonyl (C=O) groups excluding carboxylic acids is 1. The van der Waals surface area contributed by atoms with Crippen molar-refractivity contribution in [3.63, 3.8) is 0 Å². The summed E-state index contributed by atoms with van der Waals surface area (Å²) in [7, 11) is 0. The van der Waals surface area contributed by atoms with Gasteiger partial charge in [0.2, 0.25) is 5.91 Å². The van der Waals surface area contributed by atoms with E-state index in [0.29, 0.717) is 17.7 Å². The summed E-state index contributed by atoms with van der Waals surface area (Å²) in [4.78, 5) is 13.4. The van der Waals surface area contributed by atoms with Gasteiger partial charge in [-0.1, -0.05) is 13.3 Å². The maximum Gasteiger partial charge on any atom is 0.232 e. The Balaban J connectivity index is 2.40. The molecule has 0 aromatic heterocycles. The van der Waals surface area contributed by atoms with E-state index in [1.54, 1.807) is 11.8 Å². The van der Waals surface area contributed by atoms with Crippen molar-refractivity contribution >= 4 is 17.7 Å². The summed E-state index contributed by atoms with van der Waals surface area (Å²) < 4.78 is 0. The summed E-state index contributed by atoms with van der Waals surface area (Å²) in [5.74, 6) is 2.12. The van der Waals surface area contributed by atoms with E-state index in [2.05, 4.69) is 13.8 Å². The van der Waals surface area contributed by atoms with E-state index < -0.39 is 0 Å². The van der Waals surface area contributed by atoms with Gasteiger partial charge in [-0.2, -0.15) is 0 Å². The Labute approximate surface area is 78.7 Å². The van der Waals surface area contributed by atoms with Crippen LogP contribution in [0, 0.1) is 0 Å². The number of amides is 1. The second kappa shape index (κ2) is 4.75. The van der Waals surface area contributed by atoms with Gasteiger partial charge in [-0.05, 0) is 13.3 Å². The molecule has 1 fully saturated rings. The number of carbonyl (C=O) groups is 1. The average molecular weight is 187 g/mol. The number of hydrogen-bond donors (Lipinski definition) is 0. The lowest BCUT2D eigenvalue weighted by atomic mass is 10.2. The van der Waals surface area contributed by atoms with Crippen LogP contribution in [0.25, 0.3) is 0 Å². The molecule has 1 rings (SSSR count). The minimum absolute atomic E-state index is 0.326.